The quantitative estimate of drug-likeness (QED) is 0.612. The van der Waals surface area contributed by atoms with Gasteiger partial charge in [0.25, 0.3) is 5.69 Å². The van der Waals surface area contributed by atoms with Crippen LogP contribution in [0.3, 0.4) is 0 Å². The molecule has 6 nitrogen and oxygen atoms in total. The molecule has 110 valence electrons. The lowest BCUT2D eigenvalue weighted by Gasteiger charge is -2.46. The first-order chi connectivity index (χ1) is 10.1. The van der Waals surface area contributed by atoms with Gasteiger partial charge in [0, 0.05) is 43.4 Å². The van der Waals surface area contributed by atoms with Gasteiger partial charge in [0.1, 0.15) is 0 Å². The van der Waals surface area contributed by atoms with Crippen LogP contribution in [0.25, 0.3) is 0 Å². The number of rotatable bonds is 2. The van der Waals surface area contributed by atoms with Crippen molar-refractivity contribution >= 4 is 17.3 Å². The lowest BCUT2D eigenvalue weighted by molar-refractivity contribution is -0.384. The predicted octanol–water partition coefficient (Wildman–Crippen LogP) is 1.58. The molecule has 1 unspecified atom stereocenters. The van der Waals surface area contributed by atoms with Gasteiger partial charge in [-0.05, 0) is 24.8 Å². The van der Waals surface area contributed by atoms with Crippen molar-refractivity contribution in [3.05, 3.63) is 33.9 Å². The molecule has 3 aliphatic rings. The van der Waals surface area contributed by atoms with Crippen molar-refractivity contribution in [1.82, 2.24) is 4.90 Å². The summed E-state index contributed by atoms with van der Waals surface area (Å²) >= 11 is 0. The van der Waals surface area contributed by atoms with Crippen molar-refractivity contribution in [1.29, 1.82) is 0 Å². The molecule has 1 aromatic carbocycles. The third-order valence-corrected chi connectivity index (χ3v) is 4.77. The fraction of sp³-hybridized carbons (Fsp3) is 0.533. The van der Waals surface area contributed by atoms with Crippen LogP contribution in [0.1, 0.15) is 18.4 Å². The Morgan fingerprint density at radius 1 is 1.29 bits per heavy atom. The zero-order valence-electron chi connectivity index (χ0n) is 11.7. The Balaban J connectivity index is 1.63. The Morgan fingerprint density at radius 2 is 2.10 bits per heavy atom. The maximum Gasteiger partial charge on any atom is 0.271 e. The van der Waals surface area contributed by atoms with E-state index in [1.54, 1.807) is 12.1 Å². The topological polar surface area (TPSA) is 66.7 Å². The predicted molar refractivity (Wildman–Crippen MR) is 77.2 cm³/mol. The number of anilines is 1. The number of fused-ring (bicyclic) bond motifs is 4. The van der Waals surface area contributed by atoms with Crippen molar-refractivity contribution in [2.24, 2.45) is 5.92 Å². The number of piperazine rings is 1. The van der Waals surface area contributed by atoms with E-state index in [0.29, 0.717) is 5.91 Å². The molecule has 2 bridgehead atoms. The van der Waals surface area contributed by atoms with Crippen molar-refractivity contribution in [2.45, 2.75) is 25.3 Å². The van der Waals surface area contributed by atoms with Crippen LogP contribution < -0.4 is 4.90 Å². The maximum absolute atomic E-state index is 12.3. The van der Waals surface area contributed by atoms with Crippen LogP contribution in [0.15, 0.2) is 18.2 Å². The molecule has 0 spiro atoms. The van der Waals surface area contributed by atoms with Gasteiger partial charge >= 0.3 is 0 Å². The van der Waals surface area contributed by atoms with E-state index in [0.717, 1.165) is 50.1 Å². The Labute approximate surface area is 122 Å². The largest absolute Gasteiger partial charge is 0.367 e. The molecule has 1 aromatic rings. The molecule has 0 radical (unpaired) electrons. The minimum atomic E-state index is -0.348. The fourth-order valence-electron chi connectivity index (χ4n) is 3.49. The first-order valence-electron chi connectivity index (χ1n) is 7.46. The summed E-state index contributed by atoms with van der Waals surface area (Å²) in [6.07, 6.45) is 2.88. The summed E-state index contributed by atoms with van der Waals surface area (Å²) in [6.45, 7) is 2.30. The Morgan fingerprint density at radius 3 is 2.81 bits per heavy atom. The molecule has 1 saturated carbocycles. The third-order valence-electron chi connectivity index (χ3n) is 4.77. The van der Waals surface area contributed by atoms with Crippen LogP contribution in [-0.4, -0.2) is 41.4 Å². The van der Waals surface area contributed by atoms with E-state index in [-0.39, 0.29) is 22.6 Å². The van der Waals surface area contributed by atoms with E-state index in [1.165, 1.54) is 0 Å². The number of benzene rings is 1. The summed E-state index contributed by atoms with van der Waals surface area (Å²) in [7, 11) is 0. The van der Waals surface area contributed by atoms with E-state index in [4.69, 9.17) is 0 Å². The zero-order chi connectivity index (χ0) is 14.6. The summed E-state index contributed by atoms with van der Waals surface area (Å²) in [5, 5.41) is 10.9. The molecular formula is C15H17N3O3. The van der Waals surface area contributed by atoms with Crippen molar-refractivity contribution in [3.63, 3.8) is 0 Å². The normalized spacial score (nSPS) is 23.7. The van der Waals surface area contributed by atoms with E-state index in [2.05, 4.69) is 4.90 Å². The molecule has 1 aliphatic carbocycles. The van der Waals surface area contributed by atoms with Gasteiger partial charge in [-0.1, -0.05) is 6.07 Å². The second kappa shape index (κ2) is 4.44. The van der Waals surface area contributed by atoms with Gasteiger partial charge in [-0.2, -0.15) is 0 Å². The molecule has 0 N–H and O–H groups in total. The Bertz CT molecular complexity index is 627. The Hall–Kier alpha value is -2.11. The monoisotopic (exact) mass is 287 g/mol. The number of carbonyl (C=O) groups excluding carboxylic acids is 1. The average Bonchev–Trinajstić information content (AvgIpc) is 3.31. The highest BCUT2D eigenvalue weighted by molar-refractivity contribution is 5.82. The van der Waals surface area contributed by atoms with Crippen molar-refractivity contribution < 1.29 is 9.72 Å². The third kappa shape index (κ3) is 2.05. The van der Waals surface area contributed by atoms with Crippen LogP contribution in [0.4, 0.5) is 11.4 Å². The van der Waals surface area contributed by atoms with Crippen LogP contribution >= 0.6 is 0 Å². The van der Waals surface area contributed by atoms with Crippen LogP contribution in [0.2, 0.25) is 0 Å². The average molecular weight is 287 g/mol. The molecule has 1 atom stereocenters. The molecule has 2 aliphatic heterocycles. The van der Waals surface area contributed by atoms with Crippen LogP contribution in [-0.2, 0) is 11.2 Å². The summed E-state index contributed by atoms with van der Waals surface area (Å²) < 4.78 is 0. The summed E-state index contributed by atoms with van der Waals surface area (Å²) in [5.41, 5.74) is 2.23. The molecule has 2 fully saturated rings. The van der Waals surface area contributed by atoms with Crippen molar-refractivity contribution in [2.75, 3.05) is 24.5 Å². The second-order valence-corrected chi connectivity index (χ2v) is 6.18. The molecule has 1 saturated heterocycles. The van der Waals surface area contributed by atoms with Gasteiger partial charge in [-0.15, -0.1) is 0 Å². The lowest BCUT2D eigenvalue weighted by Crippen LogP contribution is -2.58. The number of carbonyl (C=O) groups is 1. The minimum Gasteiger partial charge on any atom is -0.367 e. The number of nitrogens with zero attached hydrogens (tertiary/aromatic N) is 3. The fourth-order valence-corrected chi connectivity index (χ4v) is 3.49. The van der Waals surface area contributed by atoms with Gasteiger partial charge in [-0.3, -0.25) is 14.9 Å². The molecule has 1 amide bonds. The smallest absolute Gasteiger partial charge is 0.271 e. The number of nitro groups is 1. The summed E-state index contributed by atoms with van der Waals surface area (Å²) in [6, 6.07) is 5.30. The van der Waals surface area contributed by atoms with Gasteiger partial charge in [0.05, 0.1) is 11.0 Å². The summed E-state index contributed by atoms with van der Waals surface area (Å²) in [5.74, 6) is 0.569. The first-order valence-corrected chi connectivity index (χ1v) is 7.46. The highest BCUT2D eigenvalue weighted by atomic mass is 16.6. The molecule has 4 rings (SSSR count). The number of hydrogen-bond donors (Lipinski definition) is 0. The molecule has 2 heterocycles. The highest BCUT2D eigenvalue weighted by Crippen LogP contribution is 2.37. The molecular weight excluding hydrogens is 270 g/mol. The molecule has 6 heteroatoms. The number of non-ortho nitro benzene ring substituents is 1. The van der Waals surface area contributed by atoms with Crippen LogP contribution in [0.5, 0.6) is 0 Å². The SMILES string of the molecule is O=C(C1CC1)N1CCN2CC1Cc1ccc([N+](=O)[O-])cc12. The van der Waals surface area contributed by atoms with Gasteiger partial charge < -0.3 is 9.80 Å². The van der Waals surface area contributed by atoms with Crippen molar-refractivity contribution in [3.8, 4) is 0 Å². The van der Waals surface area contributed by atoms with E-state index < -0.39 is 0 Å². The summed E-state index contributed by atoms with van der Waals surface area (Å²) in [4.78, 5) is 27.1. The number of hydrogen-bond acceptors (Lipinski definition) is 4. The number of amides is 1. The Kier molecular flexibility index (Phi) is 2.67. The first kappa shape index (κ1) is 12.6. The zero-order valence-corrected chi connectivity index (χ0v) is 11.7. The van der Waals surface area contributed by atoms with Gasteiger partial charge in [-0.25, -0.2) is 0 Å². The highest BCUT2D eigenvalue weighted by Gasteiger charge is 2.41. The van der Waals surface area contributed by atoms with E-state index in [1.807, 2.05) is 11.0 Å². The van der Waals surface area contributed by atoms with Gasteiger partial charge in [0.15, 0.2) is 0 Å². The minimum absolute atomic E-state index is 0.142. The lowest BCUT2D eigenvalue weighted by atomic mass is 9.94. The van der Waals surface area contributed by atoms with Gasteiger partial charge in [0.2, 0.25) is 5.91 Å². The molecule has 0 aromatic heterocycles. The number of nitro benzene ring substituents is 1. The maximum atomic E-state index is 12.3. The van der Waals surface area contributed by atoms with E-state index in [9.17, 15) is 14.9 Å². The van der Waals surface area contributed by atoms with Crippen LogP contribution in [0, 0.1) is 16.0 Å². The standard InChI is InChI=1S/C15H17N3O3/c19-15(10-1-2-10)17-6-5-16-9-13(17)7-11-3-4-12(18(20)21)8-14(11)16/h3-4,8,10,13H,1-2,5-7,9H2. The van der Waals surface area contributed by atoms with E-state index >= 15 is 0 Å². The molecule has 21 heavy (non-hydrogen) atoms. The second-order valence-electron chi connectivity index (χ2n) is 6.18.